The first kappa shape index (κ1) is 18.6. The van der Waals surface area contributed by atoms with Gasteiger partial charge in [-0.1, -0.05) is 0 Å². The van der Waals surface area contributed by atoms with Crippen LogP contribution >= 0.6 is 12.4 Å². The fraction of sp³-hybridized carbons (Fsp3) is 0.909. The van der Waals surface area contributed by atoms with Gasteiger partial charge in [-0.15, -0.1) is 12.4 Å². The molecule has 19 heavy (non-hydrogen) atoms. The zero-order valence-corrected chi connectivity index (χ0v) is 13.6. The van der Waals surface area contributed by atoms with Crippen LogP contribution in [-0.4, -0.2) is 69.1 Å². The third-order valence-electron chi connectivity index (χ3n) is 3.39. The molecule has 1 fully saturated rings. The summed E-state index contributed by atoms with van der Waals surface area (Å²) in [5.74, 6) is -0.374. The second-order valence-corrected chi connectivity index (χ2v) is 7.16. The van der Waals surface area contributed by atoms with Crippen molar-refractivity contribution in [2.75, 3.05) is 34.2 Å². The lowest BCUT2D eigenvalue weighted by Crippen LogP contribution is -2.51. The van der Waals surface area contributed by atoms with E-state index in [1.807, 2.05) is 7.05 Å². The highest BCUT2D eigenvalue weighted by atomic mass is 35.5. The van der Waals surface area contributed by atoms with Gasteiger partial charge in [0.2, 0.25) is 15.9 Å². The molecular weight excluding hydrogens is 290 g/mol. The molecule has 1 N–H and O–H groups in total. The lowest BCUT2D eigenvalue weighted by Gasteiger charge is -2.33. The molecule has 8 heteroatoms. The summed E-state index contributed by atoms with van der Waals surface area (Å²) in [6, 6.07) is 0.176. The monoisotopic (exact) mass is 313 g/mol. The molecule has 1 saturated heterocycles. The minimum Gasteiger partial charge on any atom is -0.348 e. The summed E-state index contributed by atoms with van der Waals surface area (Å²) in [4.78, 5) is 13.1. The molecule has 0 saturated carbocycles. The molecule has 0 spiro atoms. The van der Waals surface area contributed by atoms with E-state index in [2.05, 4.69) is 5.32 Å². The lowest BCUT2D eigenvalue weighted by molar-refractivity contribution is -0.128. The van der Waals surface area contributed by atoms with E-state index in [1.54, 1.807) is 14.1 Å². The summed E-state index contributed by atoms with van der Waals surface area (Å²) < 4.78 is 26.1. The van der Waals surface area contributed by atoms with Crippen LogP contribution in [0.4, 0.5) is 0 Å². The number of carbonyl (C=O) groups is 1. The standard InChI is InChI=1S/C11H23N3O3S.ClH/c1-9(11(15)13(3)4)18(16,17)14-7-5-6-10(8-14)12-2;/h9-10,12H,5-8H2,1-4H3;1H. The third-order valence-corrected chi connectivity index (χ3v) is 5.53. The van der Waals surface area contributed by atoms with Crippen LogP contribution in [0, 0.1) is 0 Å². The van der Waals surface area contributed by atoms with Crippen LogP contribution in [0.5, 0.6) is 0 Å². The average molecular weight is 314 g/mol. The number of nitrogens with zero attached hydrogens (tertiary/aromatic N) is 2. The van der Waals surface area contributed by atoms with E-state index in [1.165, 1.54) is 16.1 Å². The Morgan fingerprint density at radius 1 is 1.42 bits per heavy atom. The lowest BCUT2D eigenvalue weighted by atomic mass is 10.1. The van der Waals surface area contributed by atoms with Crippen molar-refractivity contribution in [3.05, 3.63) is 0 Å². The molecular formula is C11H24ClN3O3S. The molecule has 2 atom stereocenters. The van der Waals surface area contributed by atoms with Gasteiger partial charge >= 0.3 is 0 Å². The van der Waals surface area contributed by atoms with Crippen LogP contribution in [-0.2, 0) is 14.8 Å². The molecule has 0 aromatic carbocycles. The van der Waals surface area contributed by atoms with Gasteiger partial charge in [-0.2, -0.15) is 4.31 Å². The predicted octanol–water partition coefficient (Wildman–Crippen LogP) is -0.101. The number of hydrogen-bond acceptors (Lipinski definition) is 4. The maximum Gasteiger partial charge on any atom is 0.241 e. The van der Waals surface area contributed by atoms with Gasteiger partial charge in [0.05, 0.1) is 0 Å². The quantitative estimate of drug-likeness (QED) is 0.787. The second-order valence-electron chi connectivity index (χ2n) is 4.91. The number of likely N-dealkylation sites (N-methyl/N-ethyl adjacent to an activating group) is 1. The van der Waals surface area contributed by atoms with Gasteiger partial charge in [0.15, 0.2) is 5.25 Å². The Morgan fingerprint density at radius 3 is 2.47 bits per heavy atom. The van der Waals surface area contributed by atoms with Gasteiger partial charge in [0.25, 0.3) is 0 Å². The molecule has 0 aromatic heterocycles. The zero-order chi connectivity index (χ0) is 13.9. The van der Waals surface area contributed by atoms with Crippen molar-refractivity contribution in [1.82, 2.24) is 14.5 Å². The molecule has 1 aliphatic rings. The minimum atomic E-state index is -3.55. The topological polar surface area (TPSA) is 69.7 Å². The van der Waals surface area contributed by atoms with Crippen molar-refractivity contribution in [3.63, 3.8) is 0 Å². The third kappa shape index (κ3) is 4.30. The molecule has 114 valence electrons. The van der Waals surface area contributed by atoms with Gasteiger partial charge in [-0.3, -0.25) is 4.79 Å². The van der Waals surface area contributed by atoms with Gasteiger partial charge in [-0.05, 0) is 26.8 Å². The second kappa shape index (κ2) is 7.42. The van der Waals surface area contributed by atoms with Crippen LogP contribution in [0.1, 0.15) is 19.8 Å². The molecule has 2 unspecified atom stereocenters. The number of hydrogen-bond donors (Lipinski definition) is 1. The molecule has 1 aliphatic heterocycles. The molecule has 0 bridgehead atoms. The first-order chi connectivity index (χ1) is 8.30. The average Bonchev–Trinajstić information content (AvgIpc) is 2.36. The van der Waals surface area contributed by atoms with Crippen molar-refractivity contribution >= 4 is 28.3 Å². The van der Waals surface area contributed by atoms with Crippen molar-refractivity contribution in [1.29, 1.82) is 0 Å². The smallest absolute Gasteiger partial charge is 0.241 e. The number of sulfonamides is 1. The van der Waals surface area contributed by atoms with Crippen molar-refractivity contribution in [3.8, 4) is 0 Å². The maximum absolute atomic E-state index is 12.3. The molecule has 1 heterocycles. The van der Waals surface area contributed by atoms with E-state index in [9.17, 15) is 13.2 Å². The van der Waals surface area contributed by atoms with Crippen LogP contribution in [0.3, 0.4) is 0 Å². The van der Waals surface area contributed by atoms with E-state index in [-0.39, 0.29) is 24.4 Å². The molecule has 0 radical (unpaired) electrons. The van der Waals surface area contributed by atoms with Crippen LogP contribution in [0.2, 0.25) is 0 Å². The Kier molecular flexibility index (Phi) is 7.28. The van der Waals surface area contributed by atoms with Crippen LogP contribution < -0.4 is 5.32 Å². The maximum atomic E-state index is 12.3. The molecule has 1 rings (SSSR count). The van der Waals surface area contributed by atoms with Gasteiger partial charge in [0.1, 0.15) is 0 Å². The number of carbonyl (C=O) groups excluding carboxylic acids is 1. The fourth-order valence-electron chi connectivity index (χ4n) is 2.12. The van der Waals surface area contributed by atoms with E-state index in [0.29, 0.717) is 13.1 Å². The number of nitrogens with one attached hydrogen (secondary N) is 1. The molecule has 1 amide bonds. The van der Waals surface area contributed by atoms with Gasteiger partial charge in [0, 0.05) is 33.2 Å². The Morgan fingerprint density at radius 2 is 2.00 bits per heavy atom. The SMILES string of the molecule is CNC1CCCN(S(=O)(=O)C(C)C(=O)N(C)C)C1.Cl. The Bertz CT molecular complexity index is 400. The highest BCUT2D eigenvalue weighted by Gasteiger charge is 2.36. The van der Waals surface area contributed by atoms with Gasteiger partial charge in [-0.25, -0.2) is 8.42 Å². The fourth-order valence-corrected chi connectivity index (χ4v) is 3.81. The Balaban J connectivity index is 0.00000324. The summed E-state index contributed by atoms with van der Waals surface area (Å²) in [5.41, 5.74) is 0. The number of amides is 1. The van der Waals surface area contributed by atoms with Crippen LogP contribution in [0.25, 0.3) is 0 Å². The highest BCUT2D eigenvalue weighted by Crippen LogP contribution is 2.18. The van der Waals surface area contributed by atoms with E-state index in [4.69, 9.17) is 0 Å². The number of rotatable bonds is 4. The van der Waals surface area contributed by atoms with Crippen molar-refractivity contribution in [2.24, 2.45) is 0 Å². The van der Waals surface area contributed by atoms with Gasteiger partial charge < -0.3 is 10.2 Å². The Hall–Kier alpha value is -0.370. The largest absolute Gasteiger partial charge is 0.348 e. The van der Waals surface area contributed by atoms with E-state index >= 15 is 0 Å². The van der Waals surface area contributed by atoms with Crippen molar-refractivity contribution in [2.45, 2.75) is 31.1 Å². The molecule has 6 nitrogen and oxygen atoms in total. The Labute approximate surface area is 122 Å². The summed E-state index contributed by atoms with van der Waals surface area (Å²) in [6.45, 7) is 2.41. The zero-order valence-electron chi connectivity index (χ0n) is 11.9. The number of piperidine rings is 1. The molecule has 0 aromatic rings. The highest BCUT2D eigenvalue weighted by molar-refractivity contribution is 7.90. The summed E-state index contributed by atoms with van der Waals surface area (Å²) in [7, 11) is 1.42. The van der Waals surface area contributed by atoms with Crippen LogP contribution in [0.15, 0.2) is 0 Å². The first-order valence-corrected chi connectivity index (χ1v) is 7.68. The first-order valence-electron chi connectivity index (χ1n) is 6.18. The van der Waals surface area contributed by atoms with Crippen molar-refractivity contribution < 1.29 is 13.2 Å². The summed E-state index contributed by atoms with van der Waals surface area (Å²) in [6.07, 6.45) is 1.80. The summed E-state index contributed by atoms with van der Waals surface area (Å²) in [5, 5.41) is 2.08. The normalized spacial score (nSPS) is 22.4. The molecule has 0 aliphatic carbocycles. The van der Waals surface area contributed by atoms with E-state index in [0.717, 1.165) is 12.8 Å². The predicted molar refractivity (Wildman–Crippen MR) is 78.0 cm³/mol. The number of halogens is 1. The summed E-state index contributed by atoms with van der Waals surface area (Å²) >= 11 is 0. The van der Waals surface area contributed by atoms with E-state index < -0.39 is 15.3 Å². The minimum absolute atomic E-state index is 0.